The number of nitrogens with zero attached hydrogens (tertiary/aromatic N) is 1. The molecular weight excluding hydrogens is 374 g/mol. The zero-order chi connectivity index (χ0) is 19.1. The fraction of sp³-hybridized carbons (Fsp3) is 0.167. The molecule has 2 aromatic carbocycles. The predicted molar refractivity (Wildman–Crippen MR) is 101 cm³/mol. The number of nitrogens with one attached hydrogen (secondary N) is 2. The zero-order valence-corrected chi connectivity index (χ0v) is 15.4. The molecule has 8 heteroatoms. The first-order valence-corrected chi connectivity index (χ1v) is 9.15. The van der Waals surface area contributed by atoms with Crippen LogP contribution in [0.2, 0.25) is 5.02 Å². The lowest BCUT2D eigenvalue weighted by molar-refractivity contribution is -0.136. The number of rotatable bonds is 5. The van der Waals surface area contributed by atoms with Crippen molar-refractivity contribution in [2.45, 2.75) is 11.0 Å². The maximum absolute atomic E-state index is 12.0. The monoisotopic (exact) mass is 389 g/mol. The van der Waals surface area contributed by atoms with Gasteiger partial charge >= 0.3 is 11.8 Å². The summed E-state index contributed by atoms with van der Waals surface area (Å²) in [6.07, 6.45) is 1.01. The molecule has 26 heavy (non-hydrogen) atoms. The van der Waals surface area contributed by atoms with E-state index in [1.807, 2.05) is 24.5 Å². The molecule has 0 heterocycles. The second-order valence-electron chi connectivity index (χ2n) is 5.25. The SMILES string of the molecule is CSc1ccc([C@H](O)CNC(=O)C(=O)Nc2cc(Cl)ccc2C#N)cc1. The molecular formula is C18H16ClN3O3S. The van der Waals surface area contributed by atoms with Crippen molar-refractivity contribution in [2.75, 3.05) is 18.1 Å². The number of halogens is 1. The summed E-state index contributed by atoms with van der Waals surface area (Å²) in [5.41, 5.74) is 0.961. The van der Waals surface area contributed by atoms with Gasteiger partial charge in [0.25, 0.3) is 0 Å². The van der Waals surface area contributed by atoms with Crippen molar-refractivity contribution in [3.8, 4) is 6.07 Å². The van der Waals surface area contributed by atoms with E-state index in [9.17, 15) is 14.7 Å². The van der Waals surface area contributed by atoms with E-state index >= 15 is 0 Å². The fourth-order valence-electron chi connectivity index (χ4n) is 2.11. The number of aliphatic hydroxyl groups excluding tert-OH is 1. The molecule has 3 N–H and O–H groups in total. The van der Waals surface area contributed by atoms with Gasteiger partial charge in [0.1, 0.15) is 6.07 Å². The third-order valence-electron chi connectivity index (χ3n) is 3.51. The van der Waals surface area contributed by atoms with Gasteiger partial charge in [0.05, 0.1) is 17.4 Å². The lowest BCUT2D eigenvalue weighted by atomic mass is 10.1. The summed E-state index contributed by atoms with van der Waals surface area (Å²) >= 11 is 7.41. The minimum Gasteiger partial charge on any atom is -0.387 e. The van der Waals surface area contributed by atoms with E-state index in [4.69, 9.17) is 16.9 Å². The Kier molecular flexibility index (Phi) is 7.04. The summed E-state index contributed by atoms with van der Waals surface area (Å²) < 4.78 is 0. The first kappa shape index (κ1) is 19.8. The molecule has 1 atom stereocenters. The van der Waals surface area contributed by atoms with Gasteiger partial charge < -0.3 is 15.7 Å². The van der Waals surface area contributed by atoms with Crippen molar-refractivity contribution < 1.29 is 14.7 Å². The van der Waals surface area contributed by atoms with Crippen LogP contribution in [0.3, 0.4) is 0 Å². The number of hydrogen-bond acceptors (Lipinski definition) is 5. The topological polar surface area (TPSA) is 102 Å². The quantitative estimate of drug-likeness (QED) is 0.539. The van der Waals surface area contributed by atoms with Gasteiger partial charge in [-0.1, -0.05) is 23.7 Å². The Labute approximate surface area is 160 Å². The highest BCUT2D eigenvalue weighted by atomic mass is 35.5. The maximum atomic E-state index is 12.0. The molecule has 2 amide bonds. The molecule has 0 unspecified atom stereocenters. The Morgan fingerprint density at radius 1 is 1.23 bits per heavy atom. The fourth-order valence-corrected chi connectivity index (χ4v) is 2.69. The highest BCUT2D eigenvalue weighted by molar-refractivity contribution is 7.98. The lowest BCUT2D eigenvalue weighted by Gasteiger charge is -2.13. The van der Waals surface area contributed by atoms with Crippen LogP contribution in [0.15, 0.2) is 47.4 Å². The third kappa shape index (κ3) is 5.23. The highest BCUT2D eigenvalue weighted by Gasteiger charge is 2.17. The van der Waals surface area contributed by atoms with E-state index in [-0.39, 0.29) is 17.8 Å². The van der Waals surface area contributed by atoms with Crippen LogP contribution in [-0.2, 0) is 9.59 Å². The van der Waals surface area contributed by atoms with Crippen molar-refractivity contribution in [1.82, 2.24) is 5.32 Å². The number of carbonyl (C=O) groups is 2. The van der Waals surface area contributed by atoms with E-state index < -0.39 is 17.9 Å². The van der Waals surface area contributed by atoms with Crippen LogP contribution in [-0.4, -0.2) is 29.7 Å². The molecule has 134 valence electrons. The molecule has 0 aromatic heterocycles. The average molecular weight is 390 g/mol. The number of aliphatic hydroxyl groups is 1. The average Bonchev–Trinajstić information content (AvgIpc) is 2.66. The third-order valence-corrected chi connectivity index (χ3v) is 4.49. The van der Waals surface area contributed by atoms with Crippen LogP contribution >= 0.6 is 23.4 Å². The molecule has 6 nitrogen and oxygen atoms in total. The largest absolute Gasteiger partial charge is 0.387 e. The minimum absolute atomic E-state index is 0.120. The molecule has 0 aliphatic carbocycles. The summed E-state index contributed by atoms with van der Waals surface area (Å²) in [6.45, 7) is -0.120. The van der Waals surface area contributed by atoms with Crippen LogP contribution in [0, 0.1) is 11.3 Å². The Bertz CT molecular complexity index is 850. The molecule has 2 aromatic rings. The second kappa shape index (κ2) is 9.25. The van der Waals surface area contributed by atoms with Crippen LogP contribution in [0.25, 0.3) is 0 Å². The predicted octanol–water partition coefficient (Wildman–Crippen LogP) is 2.72. The number of amides is 2. The Hall–Kier alpha value is -2.53. The zero-order valence-electron chi connectivity index (χ0n) is 13.8. The van der Waals surface area contributed by atoms with Crippen LogP contribution in [0.5, 0.6) is 0 Å². The number of thioether (sulfide) groups is 1. The molecule has 0 spiro atoms. The minimum atomic E-state index is -0.950. The van der Waals surface area contributed by atoms with E-state index in [0.29, 0.717) is 10.6 Å². The highest BCUT2D eigenvalue weighted by Crippen LogP contribution is 2.20. The van der Waals surface area contributed by atoms with Crippen LogP contribution < -0.4 is 10.6 Å². The summed E-state index contributed by atoms with van der Waals surface area (Å²) in [5, 5.41) is 24.2. The van der Waals surface area contributed by atoms with E-state index in [0.717, 1.165) is 4.90 Å². The molecule has 0 aliphatic rings. The Balaban J connectivity index is 1.93. The van der Waals surface area contributed by atoms with Crippen molar-refractivity contribution in [2.24, 2.45) is 0 Å². The van der Waals surface area contributed by atoms with Crippen molar-refractivity contribution in [1.29, 1.82) is 5.26 Å². The van der Waals surface area contributed by atoms with E-state index in [2.05, 4.69) is 10.6 Å². The number of carbonyl (C=O) groups excluding carboxylic acids is 2. The van der Waals surface area contributed by atoms with Gasteiger partial charge in [0.15, 0.2) is 0 Å². The van der Waals surface area contributed by atoms with Gasteiger partial charge in [-0.05, 0) is 42.2 Å². The van der Waals surface area contributed by atoms with Gasteiger partial charge in [-0.3, -0.25) is 9.59 Å². The first-order chi connectivity index (χ1) is 12.4. The molecule has 0 aliphatic heterocycles. The first-order valence-electron chi connectivity index (χ1n) is 7.55. The van der Waals surface area contributed by atoms with Crippen LogP contribution in [0.4, 0.5) is 5.69 Å². The smallest absolute Gasteiger partial charge is 0.313 e. The molecule has 0 saturated heterocycles. The van der Waals surface area contributed by atoms with Gasteiger partial charge in [-0.15, -0.1) is 11.8 Å². The summed E-state index contributed by atoms with van der Waals surface area (Å²) in [6, 6.07) is 13.5. The number of nitriles is 1. The number of benzene rings is 2. The van der Waals surface area contributed by atoms with E-state index in [1.54, 1.807) is 23.9 Å². The molecule has 0 saturated carbocycles. The Morgan fingerprint density at radius 2 is 1.92 bits per heavy atom. The summed E-state index contributed by atoms with van der Waals surface area (Å²) in [5.74, 6) is -1.87. The van der Waals surface area contributed by atoms with Crippen molar-refractivity contribution >= 4 is 40.9 Å². The molecule has 0 bridgehead atoms. The summed E-state index contributed by atoms with van der Waals surface area (Å²) in [4.78, 5) is 24.9. The Morgan fingerprint density at radius 3 is 2.54 bits per heavy atom. The van der Waals surface area contributed by atoms with Crippen molar-refractivity contribution in [3.63, 3.8) is 0 Å². The maximum Gasteiger partial charge on any atom is 0.313 e. The molecule has 2 rings (SSSR count). The van der Waals surface area contributed by atoms with Gasteiger partial charge in [0.2, 0.25) is 0 Å². The summed E-state index contributed by atoms with van der Waals surface area (Å²) in [7, 11) is 0. The lowest BCUT2D eigenvalue weighted by Crippen LogP contribution is -2.37. The second-order valence-corrected chi connectivity index (χ2v) is 6.57. The van der Waals surface area contributed by atoms with Gasteiger partial charge in [-0.2, -0.15) is 5.26 Å². The van der Waals surface area contributed by atoms with Gasteiger partial charge in [-0.25, -0.2) is 0 Å². The van der Waals surface area contributed by atoms with E-state index in [1.165, 1.54) is 18.2 Å². The van der Waals surface area contributed by atoms with Gasteiger partial charge in [0, 0.05) is 16.5 Å². The molecule has 0 radical (unpaired) electrons. The van der Waals surface area contributed by atoms with Crippen molar-refractivity contribution in [3.05, 3.63) is 58.6 Å². The standard InChI is InChI=1S/C18H16ClN3O3S/c1-26-14-6-3-11(4-7-14)16(23)10-21-17(24)18(25)22-15-8-13(19)5-2-12(15)9-20/h2-8,16,23H,10H2,1H3,(H,21,24)(H,22,25)/t16-/m1/s1. The van der Waals surface area contributed by atoms with Crippen LogP contribution in [0.1, 0.15) is 17.2 Å². The number of hydrogen-bond donors (Lipinski definition) is 3. The number of anilines is 1. The normalized spacial score (nSPS) is 11.3. The molecule has 0 fully saturated rings.